The number of aromatic nitrogens is 4. The predicted octanol–water partition coefficient (Wildman–Crippen LogP) is 5.26. The van der Waals surface area contributed by atoms with Crippen LogP contribution in [0.1, 0.15) is 95.3 Å². The van der Waals surface area contributed by atoms with Crippen LogP contribution >= 0.6 is 0 Å². The highest BCUT2D eigenvalue weighted by Crippen LogP contribution is 2.45. The molecule has 0 unspecified atom stereocenters. The van der Waals surface area contributed by atoms with Gasteiger partial charge >= 0.3 is 12.2 Å². The number of aryl methyl sites for hydroxylation is 1. The maximum absolute atomic E-state index is 15.8. The van der Waals surface area contributed by atoms with E-state index in [2.05, 4.69) is 40.3 Å². The smallest absolute Gasteiger partial charge is 0.418 e. The number of hydrogen-bond acceptors (Lipinski definition) is 9. The fourth-order valence-corrected chi connectivity index (χ4v) is 8.24. The summed E-state index contributed by atoms with van der Waals surface area (Å²) in [6.45, 7) is 10.4. The number of alkyl halides is 3. The number of nitrogens with two attached hydrogens (primary N) is 1. The average Bonchev–Trinajstić information content (AvgIpc) is 3.70. The minimum Gasteiger partial charge on any atom is -0.461 e. The van der Waals surface area contributed by atoms with Crippen molar-refractivity contribution >= 4 is 17.4 Å². The summed E-state index contributed by atoms with van der Waals surface area (Å²) >= 11 is 0. The lowest BCUT2D eigenvalue weighted by Gasteiger charge is -2.33. The van der Waals surface area contributed by atoms with E-state index in [0.29, 0.717) is 48.8 Å². The number of rotatable bonds is 6. The van der Waals surface area contributed by atoms with E-state index in [0.717, 1.165) is 49.7 Å². The van der Waals surface area contributed by atoms with Crippen molar-refractivity contribution in [2.24, 2.45) is 0 Å². The van der Waals surface area contributed by atoms with Gasteiger partial charge in [-0.3, -0.25) is 14.4 Å². The zero-order valence-electron chi connectivity index (χ0n) is 30.8. The van der Waals surface area contributed by atoms with Crippen molar-refractivity contribution in [3.8, 4) is 29.7 Å². The second kappa shape index (κ2) is 14.3. The molecule has 4 aliphatic rings. The Bertz CT molecular complexity index is 2160. The van der Waals surface area contributed by atoms with E-state index in [-0.39, 0.29) is 42.7 Å². The molecular weight excluding hydrogens is 704 g/mol. The minimum absolute atomic E-state index is 0.0552. The van der Waals surface area contributed by atoms with Crippen LogP contribution in [0.15, 0.2) is 18.2 Å². The van der Waals surface area contributed by atoms with Crippen LogP contribution in [0, 0.1) is 29.5 Å². The molecule has 2 saturated heterocycles. The maximum atomic E-state index is 15.8. The molecule has 3 aromatic rings. The number of carbonyl (C=O) groups excluding carboxylic acids is 1. The van der Waals surface area contributed by atoms with Crippen molar-refractivity contribution in [3.05, 3.63) is 68.9 Å². The third-order valence-electron chi connectivity index (χ3n) is 10.6. The molecule has 7 rings (SSSR count). The Morgan fingerprint density at radius 1 is 1.15 bits per heavy atom. The number of nitrogens with zero attached hydrogens (tertiary/aromatic N) is 7. The fourth-order valence-electron chi connectivity index (χ4n) is 8.24. The summed E-state index contributed by atoms with van der Waals surface area (Å²) in [6, 6.07) is 0.961. The highest BCUT2D eigenvalue weighted by molar-refractivity contribution is 5.95. The van der Waals surface area contributed by atoms with E-state index in [4.69, 9.17) is 25.2 Å². The molecule has 2 fully saturated rings. The first kappa shape index (κ1) is 37.2. The largest absolute Gasteiger partial charge is 0.461 e. The topological polar surface area (TPSA) is 115 Å². The Labute approximate surface area is 311 Å². The Balaban J connectivity index is 1.32. The Hall–Kier alpha value is -5.12. The molecule has 11 nitrogen and oxygen atoms in total. The summed E-state index contributed by atoms with van der Waals surface area (Å²) in [7, 11) is 3.31. The van der Waals surface area contributed by atoms with Gasteiger partial charge in [0.25, 0.3) is 5.91 Å². The van der Waals surface area contributed by atoms with E-state index < -0.39 is 40.5 Å². The van der Waals surface area contributed by atoms with Crippen LogP contribution in [-0.2, 0) is 37.0 Å². The van der Waals surface area contributed by atoms with Gasteiger partial charge in [-0.2, -0.15) is 28.2 Å². The van der Waals surface area contributed by atoms with Gasteiger partial charge in [0.2, 0.25) is 0 Å². The van der Waals surface area contributed by atoms with Crippen molar-refractivity contribution in [2.45, 2.75) is 83.5 Å². The Kier molecular flexibility index (Phi) is 9.83. The number of benzene rings is 1. The normalized spacial score (nSPS) is 20.9. The van der Waals surface area contributed by atoms with Gasteiger partial charge in [-0.05, 0) is 52.1 Å². The molecule has 2 N–H and O–H groups in total. The van der Waals surface area contributed by atoms with Gasteiger partial charge in [0.1, 0.15) is 12.4 Å². The first-order valence-corrected chi connectivity index (χ1v) is 17.9. The van der Waals surface area contributed by atoms with Gasteiger partial charge < -0.3 is 25.0 Å². The van der Waals surface area contributed by atoms with Crippen LogP contribution in [0.2, 0.25) is 0 Å². The van der Waals surface area contributed by atoms with Crippen molar-refractivity contribution in [2.75, 3.05) is 51.0 Å². The van der Waals surface area contributed by atoms with Crippen LogP contribution in [-0.4, -0.2) is 81.3 Å². The molecule has 15 heteroatoms. The third-order valence-corrected chi connectivity index (χ3v) is 10.6. The molecule has 4 aliphatic heterocycles. The summed E-state index contributed by atoms with van der Waals surface area (Å²) in [5, 5.41) is 4.66. The highest BCUT2D eigenvalue weighted by Gasteiger charge is 2.47. The molecule has 2 aromatic heterocycles. The summed E-state index contributed by atoms with van der Waals surface area (Å²) in [6.07, 6.45) is -3.19. The second-order valence-electron chi connectivity index (χ2n) is 14.5. The average molecular weight is 747 g/mol. The standard InChI is InChI=1S/C39H42F4N8O3/c1-6-10-24-16-27(44)33(40)31(32(24)39(41,42)43)30-17-28-26(21-53-30)35(46-37(45-28)54-22-38-12-8-14-50(38)19-23(3)18-38)49-13-9-15-51-29(20-49)25(11-7-2)34(47-51)36(52)48(4)5/h16,30H,3,8-9,12-15,17-22,44H2,1-2,4-5H3/t30-,38-/m0/s1. The Morgan fingerprint density at radius 3 is 2.65 bits per heavy atom. The highest BCUT2D eigenvalue weighted by atomic mass is 19.4. The van der Waals surface area contributed by atoms with Crippen LogP contribution < -0.4 is 15.4 Å². The van der Waals surface area contributed by atoms with Crippen molar-refractivity contribution in [3.63, 3.8) is 0 Å². The molecule has 0 aliphatic carbocycles. The molecular formula is C39H42F4N8O3. The molecule has 0 spiro atoms. The summed E-state index contributed by atoms with van der Waals surface area (Å²) in [5.74, 6) is 9.90. The molecule has 0 radical (unpaired) electrons. The van der Waals surface area contributed by atoms with Gasteiger partial charge in [-0.25, -0.2) is 4.39 Å². The Morgan fingerprint density at radius 2 is 1.93 bits per heavy atom. The second-order valence-corrected chi connectivity index (χ2v) is 14.5. The quantitative estimate of drug-likeness (QED) is 0.156. The number of anilines is 2. The van der Waals surface area contributed by atoms with Crippen molar-refractivity contribution < 1.29 is 31.8 Å². The number of hydrogen-bond donors (Lipinski definition) is 1. The molecule has 6 heterocycles. The number of fused-ring (bicyclic) bond motifs is 3. The van der Waals surface area contributed by atoms with E-state index in [1.807, 2.05) is 4.90 Å². The number of amides is 1. The lowest BCUT2D eigenvalue weighted by atomic mass is 9.90. The first-order valence-electron chi connectivity index (χ1n) is 17.9. The van der Waals surface area contributed by atoms with Gasteiger partial charge in [0, 0.05) is 56.8 Å². The zero-order valence-corrected chi connectivity index (χ0v) is 30.8. The van der Waals surface area contributed by atoms with E-state index in [9.17, 15) is 18.0 Å². The number of ether oxygens (including phenoxy) is 2. The monoisotopic (exact) mass is 746 g/mol. The molecule has 54 heavy (non-hydrogen) atoms. The van der Waals surface area contributed by atoms with E-state index in [1.165, 1.54) is 11.8 Å². The minimum atomic E-state index is -4.95. The first-order chi connectivity index (χ1) is 25.7. The summed E-state index contributed by atoms with van der Waals surface area (Å²) < 4.78 is 74.1. The molecule has 284 valence electrons. The fraction of sp³-hybridized carbons (Fsp3) is 0.487. The van der Waals surface area contributed by atoms with Gasteiger partial charge in [-0.15, -0.1) is 11.8 Å². The van der Waals surface area contributed by atoms with Gasteiger partial charge in [-0.1, -0.05) is 24.0 Å². The molecule has 0 saturated carbocycles. The predicted molar refractivity (Wildman–Crippen MR) is 193 cm³/mol. The molecule has 1 amide bonds. The van der Waals surface area contributed by atoms with E-state index >= 15 is 4.39 Å². The summed E-state index contributed by atoms with van der Waals surface area (Å²) in [5.41, 5.74) is 6.37. The maximum Gasteiger partial charge on any atom is 0.418 e. The molecule has 0 bridgehead atoms. The van der Waals surface area contributed by atoms with E-state index in [1.54, 1.807) is 25.7 Å². The number of nitrogen functional groups attached to an aromatic ring is 1. The molecule has 2 atom stereocenters. The summed E-state index contributed by atoms with van der Waals surface area (Å²) in [4.78, 5) is 28.7. The lowest BCUT2D eigenvalue weighted by molar-refractivity contribution is -0.140. The zero-order chi connectivity index (χ0) is 38.5. The van der Waals surface area contributed by atoms with Gasteiger partial charge in [0.05, 0.1) is 53.0 Å². The van der Waals surface area contributed by atoms with Crippen LogP contribution in [0.5, 0.6) is 6.01 Å². The number of halogens is 4. The number of carbonyl (C=O) groups is 1. The van der Waals surface area contributed by atoms with Crippen LogP contribution in [0.25, 0.3) is 0 Å². The SMILES string of the molecule is C=C1CN2CCC[C@@]2(COc2nc3c(c(N4CCCn5nc(C(=O)N(C)C)c(C#CC)c5C4)n2)CO[C@H](c2c(F)c(N)cc(C#CC)c2C(F)(F)F)C3)C1. The van der Waals surface area contributed by atoms with Crippen molar-refractivity contribution in [1.29, 1.82) is 0 Å². The molecule has 1 aromatic carbocycles. The third kappa shape index (κ3) is 6.64. The van der Waals surface area contributed by atoms with Crippen molar-refractivity contribution in [1.82, 2.24) is 29.5 Å². The van der Waals surface area contributed by atoms with Gasteiger partial charge in [0.15, 0.2) is 11.5 Å². The van der Waals surface area contributed by atoms with Crippen LogP contribution in [0.3, 0.4) is 0 Å². The van der Waals surface area contributed by atoms with Crippen LogP contribution in [0.4, 0.5) is 29.1 Å². The lowest BCUT2D eigenvalue weighted by Crippen LogP contribution is -2.43.